The largest absolute Gasteiger partial charge is 0.480 e. The van der Waals surface area contributed by atoms with Gasteiger partial charge in [0.1, 0.15) is 5.75 Å². The third-order valence-electron chi connectivity index (χ3n) is 4.49. The second-order valence-electron chi connectivity index (χ2n) is 6.38. The molecular formula is C21H28N2O4S. The summed E-state index contributed by atoms with van der Waals surface area (Å²) in [5, 5.41) is 2.80. The zero-order chi connectivity index (χ0) is 20.7. The van der Waals surface area contributed by atoms with Crippen molar-refractivity contribution in [2.24, 2.45) is 0 Å². The van der Waals surface area contributed by atoms with Gasteiger partial charge in [0.05, 0.1) is 4.90 Å². The topological polar surface area (TPSA) is 75.7 Å². The summed E-state index contributed by atoms with van der Waals surface area (Å²) in [5.41, 5.74) is 1.48. The Morgan fingerprint density at radius 2 is 1.64 bits per heavy atom. The molecule has 0 aromatic heterocycles. The van der Waals surface area contributed by atoms with Crippen LogP contribution in [0.4, 0.5) is 5.69 Å². The molecule has 1 amide bonds. The summed E-state index contributed by atoms with van der Waals surface area (Å²) in [4.78, 5) is 12.8. The Morgan fingerprint density at radius 3 is 2.18 bits per heavy atom. The van der Waals surface area contributed by atoms with Crippen molar-refractivity contribution < 1.29 is 17.9 Å². The fourth-order valence-corrected chi connectivity index (χ4v) is 4.27. The number of hydrogen-bond donors (Lipinski definition) is 1. The van der Waals surface area contributed by atoms with Gasteiger partial charge < -0.3 is 10.1 Å². The molecule has 0 saturated carbocycles. The van der Waals surface area contributed by atoms with E-state index in [1.807, 2.05) is 38.1 Å². The molecule has 2 rings (SSSR count). The van der Waals surface area contributed by atoms with E-state index in [4.69, 9.17) is 4.74 Å². The van der Waals surface area contributed by atoms with Crippen molar-refractivity contribution in [1.29, 1.82) is 0 Å². The number of hydrogen-bond acceptors (Lipinski definition) is 4. The Hall–Kier alpha value is -2.38. The highest BCUT2D eigenvalue weighted by Gasteiger charge is 2.22. The van der Waals surface area contributed by atoms with E-state index in [1.165, 1.54) is 16.4 Å². The molecule has 0 saturated heterocycles. The van der Waals surface area contributed by atoms with Crippen LogP contribution in [0.25, 0.3) is 0 Å². The van der Waals surface area contributed by atoms with E-state index >= 15 is 0 Å². The molecule has 0 spiro atoms. The zero-order valence-corrected chi connectivity index (χ0v) is 17.6. The molecule has 1 N–H and O–H groups in total. The first-order valence-electron chi connectivity index (χ1n) is 9.46. The molecule has 0 unspecified atom stereocenters. The predicted molar refractivity (Wildman–Crippen MR) is 111 cm³/mol. The first-order valence-corrected chi connectivity index (χ1v) is 10.9. The van der Waals surface area contributed by atoms with Crippen LogP contribution >= 0.6 is 0 Å². The average Bonchev–Trinajstić information content (AvgIpc) is 2.68. The van der Waals surface area contributed by atoms with Crippen LogP contribution in [0.15, 0.2) is 53.4 Å². The van der Waals surface area contributed by atoms with Crippen molar-refractivity contribution >= 4 is 21.6 Å². The quantitative estimate of drug-likeness (QED) is 0.689. The van der Waals surface area contributed by atoms with Gasteiger partial charge in [-0.3, -0.25) is 4.79 Å². The number of nitrogens with one attached hydrogen (secondary N) is 1. The Bertz CT molecular complexity index is 891. The Morgan fingerprint density at radius 1 is 1.04 bits per heavy atom. The number of rotatable bonds is 9. The van der Waals surface area contributed by atoms with Gasteiger partial charge >= 0.3 is 0 Å². The third-order valence-corrected chi connectivity index (χ3v) is 6.56. The lowest BCUT2D eigenvalue weighted by Gasteiger charge is -2.20. The van der Waals surface area contributed by atoms with Crippen LogP contribution in [0.5, 0.6) is 5.75 Å². The number of anilines is 1. The Balaban J connectivity index is 2.10. The number of ether oxygens (including phenoxy) is 1. The maximum absolute atomic E-state index is 12.6. The molecule has 0 bridgehead atoms. The number of carbonyl (C=O) groups is 1. The second-order valence-corrected chi connectivity index (χ2v) is 8.32. The van der Waals surface area contributed by atoms with Crippen molar-refractivity contribution in [2.45, 2.75) is 45.1 Å². The summed E-state index contributed by atoms with van der Waals surface area (Å²) < 4.78 is 32.3. The van der Waals surface area contributed by atoms with E-state index < -0.39 is 16.1 Å². The van der Waals surface area contributed by atoms with Gasteiger partial charge in [-0.1, -0.05) is 39.0 Å². The summed E-state index contributed by atoms with van der Waals surface area (Å²) in [5.74, 6) is 0.398. The van der Waals surface area contributed by atoms with Crippen molar-refractivity contribution in [3.63, 3.8) is 0 Å². The molecule has 0 fully saturated rings. The van der Waals surface area contributed by atoms with Gasteiger partial charge in [-0.25, -0.2) is 8.42 Å². The lowest BCUT2D eigenvalue weighted by atomic mass is 10.2. The Labute approximate surface area is 167 Å². The van der Waals surface area contributed by atoms with Crippen molar-refractivity contribution in [2.75, 3.05) is 18.4 Å². The van der Waals surface area contributed by atoms with Crippen LogP contribution < -0.4 is 10.1 Å². The van der Waals surface area contributed by atoms with E-state index in [1.54, 1.807) is 26.0 Å². The number of para-hydroxylation sites is 1. The normalized spacial score (nSPS) is 12.6. The third kappa shape index (κ3) is 5.11. The standard InChI is InChI=1S/C21H28N2O4S/c1-5-19(27-20-11-9-8-10-16(20)4)21(24)22-17-12-14-18(15-13-17)28(25,26)23(6-2)7-3/h8-15,19H,5-7H2,1-4H3,(H,22,24)/t19-/m0/s1. The average molecular weight is 405 g/mol. The van der Waals surface area contributed by atoms with Crippen LogP contribution in [-0.4, -0.2) is 37.8 Å². The molecule has 28 heavy (non-hydrogen) atoms. The van der Waals surface area contributed by atoms with E-state index in [0.717, 1.165) is 5.56 Å². The van der Waals surface area contributed by atoms with Crippen LogP contribution in [-0.2, 0) is 14.8 Å². The molecule has 7 heteroatoms. The summed E-state index contributed by atoms with van der Waals surface area (Å²) in [6, 6.07) is 13.7. The van der Waals surface area contributed by atoms with Gasteiger partial charge in [0.25, 0.3) is 5.91 Å². The molecule has 152 valence electrons. The highest BCUT2D eigenvalue weighted by atomic mass is 32.2. The van der Waals surface area contributed by atoms with E-state index in [9.17, 15) is 13.2 Å². The minimum absolute atomic E-state index is 0.206. The van der Waals surface area contributed by atoms with Crippen LogP contribution in [0.3, 0.4) is 0 Å². The van der Waals surface area contributed by atoms with Crippen LogP contribution in [0.1, 0.15) is 32.8 Å². The minimum Gasteiger partial charge on any atom is -0.480 e. The summed E-state index contributed by atoms with van der Waals surface area (Å²) >= 11 is 0. The van der Waals surface area contributed by atoms with Crippen molar-refractivity contribution in [3.8, 4) is 5.75 Å². The minimum atomic E-state index is -3.52. The number of amides is 1. The number of benzene rings is 2. The predicted octanol–water partition coefficient (Wildman–Crippen LogP) is 3.82. The van der Waals surface area contributed by atoms with Crippen LogP contribution in [0, 0.1) is 6.92 Å². The first kappa shape index (κ1) is 21.9. The number of aryl methyl sites for hydroxylation is 1. The molecular weight excluding hydrogens is 376 g/mol. The van der Waals surface area contributed by atoms with Gasteiger partial charge in [0.15, 0.2) is 6.10 Å². The first-order chi connectivity index (χ1) is 13.3. The molecule has 2 aromatic rings. The van der Waals surface area contributed by atoms with Gasteiger partial charge in [0.2, 0.25) is 10.0 Å². The second kappa shape index (κ2) is 9.71. The number of sulfonamides is 1. The summed E-state index contributed by atoms with van der Waals surface area (Å²) in [6.45, 7) is 8.22. The van der Waals surface area contributed by atoms with E-state index in [2.05, 4.69) is 5.32 Å². The highest BCUT2D eigenvalue weighted by molar-refractivity contribution is 7.89. The SMILES string of the molecule is CC[C@H](Oc1ccccc1C)C(=O)Nc1ccc(S(=O)(=O)N(CC)CC)cc1. The molecule has 0 heterocycles. The van der Waals surface area contributed by atoms with E-state index in [-0.39, 0.29) is 10.8 Å². The summed E-state index contributed by atoms with van der Waals surface area (Å²) in [7, 11) is -3.52. The van der Waals surface area contributed by atoms with Crippen LogP contribution in [0.2, 0.25) is 0 Å². The van der Waals surface area contributed by atoms with Gasteiger partial charge in [0, 0.05) is 18.8 Å². The lowest BCUT2D eigenvalue weighted by Crippen LogP contribution is -2.32. The molecule has 1 atom stereocenters. The Kier molecular flexibility index (Phi) is 7.60. The van der Waals surface area contributed by atoms with Crippen molar-refractivity contribution in [1.82, 2.24) is 4.31 Å². The molecule has 2 aromatic carbocycles. The number of nitrogens with zero attached hydrogens (tertiary/aromatic N) is 1. The molecule has 0 aliphatic carbocycles. The van der Waals surface area contributed by atoms with Gasteiger partial charge in [-0.05, 0) is 49.2 Å². The molecule has 0 aliphatic heterocycles. The van der Waals surface area contributed by atoms with Gasteiger partial charge in [-0.15, -0.1) is 0 Å². The lowest BCUT2D eigenvalue weighted by molar-refractivity contribution is -0.122. The summed E-state index contributed by atoms with van der Waals surface area (Å²) in [6.07, 6.45) is -0.130. The number of carbonyl (C=O) groups excluding carboxylic acids is 1. The molecule has 0 aliphatic rings. The van der Waals surface area contributed by atoms with E-state index in [0.29, 0.717) is 30.9 Å². The molecule has 6 nitrogen and oxygen atoms in total. The molecule has 0 radical (unpaired) electrons. The monoisotopic (exact) mass is 404 g/mol. The smallest absolute Gasteiger partial charge is 0.265 e. The van der Waals surface area contributed by atoms with Gasteiger partial charge in [-0.2, -0.15) is 4.31 Å². The van der Waals surface area contributed by atoms with Crippen molar-refractivity contribution in [3.05, 3.63) is 54.1 Å². The fourth-order valence-electron chi connectivity index (χ4n) is 2.81. The maximum Gasteiger partial charge on any atom is 0.265 e. The maximum atomic E-state index is 12.6. The zero-order valence-electron chi connectivity index (χ0n) is 16.8. The fraction of sp³-hybridized carbons (Fsp3) is 0.381. The highest BCUT2D eigenvalue weighted by Crippen LogP contribution is 2.21.